The van der Waals surface area contributed by atoms with Crippen molar-refractivity contribution in [2.45, 2.75) is 58.5 Å². The molecule has 0 aliphatic heterocycles. The smallest absolute Gasteiger partial charge is 0.302 e. The number of aliphatic hydroxyl groups is 1. The van der Waals surface area contributed by atoms with Crippen molar-refractivity contribution in [2.75, 3.05) is 19.8 Å². The van der Waals surface area contributed by atoms with Crippen LogP contribution in [0.3, 0.4) is 0 Å². The average Bonchev–Trinajstić information content (AvgIpc) is 2.78. The predicted molar refractivity (Wildman–Crippen MR) is 104 cm³/mol. The standard InChI is InChI=1S/C23H31NO5/c1-15(26)28-11-9-22-13-17(27)19-21(2,14-24)7-4-8-23(19)18(22)6-3-5-16(22)20(23)29-12-10-25/h3,5,16,18-20,25H,4,6-13H2,1-2H3/t16-,18-,19?,20-,21-,22-,23+/m0/s1. The number of ketones is 1. The third-order valence-electron chi connectivity index (χ3n) is 8.40. The molecule has 4 rings (SSSR count). The molecule has 3 fully saturated rings. The van der Waals surface area contributed by atoms with Crippen molar-refractivity contribution in [2.24, 2.45) is 34.0 Å². The topological polar surface area (TPSA) is 96.6 Å². The van der Waals surface area contributed by atoms with Gasteiger partial charge in [-0.1, -0.05) is 18.6 Å². The lowest BCUT2D eigenvalue weighted by Gasteiger charge is -2.58. The van der Waals surface area contributed by atoms with Gasteiger partial charge in [-0.15, -0.1) is 0 Å². The molecule has 0 aromatic carbocycles. The quantitative estimate of drug-likeness (QED) is 0.543. The molecule has 1 N–H and O–H groups in total. The number of carbonyl (C=O) groups is 2. The molecular formula is C23H31NO5. The Morgan fingerprint density at radius 2 is 2.17 bits per heavy atom. The van der Waals surface area contributed by atoms with Gasteiger partial charge < -0.3 is 14.6 Å². The maximum atomic E-state index is 13.6. The first-order chi connectivity index (χ1) is 13.9. The van der Waals surface area contributed by atoms with Crippen molar-refractivity contribution in [3.63, 3.8) is 0 Å². The molecule has 0 amide bonds. The van der Waals surface area contributed by atoms with E-state index in [-0.39, 0.29) is 54.2 Å². The third kappa shape index (κ3) is 2.74. The van der Waals surface area contributed by atoms with E-state index >= 15 is 0 Å². The number of nitrogens with zero attached hydrogens (tertiary/aromatic N) is 1. The summed E-state index contributed by atoms with van der Waals surface area (Å²) in [5.41, 5.74) is -1.38. The number of Topliss-reactive ketones (excluding diaryl/α,β-unsaturated/α-hetero) is 1. The lowest BCUT2D eigenvalue weighted by atomic mass is 9.44. The second-order valence-electron chi connectivity index (χ2n) is 9.65. The summed E-state index contributed by atoms with van der Waals surface area (Å²) in [5, 5.41) is 19.5. The SMILES string of the molecule is CC(=O)OCC[C@]12CC(=O)C3[C@]4(CCC[C@@]3(C)C#N)[C@@H](OCCO)[C@@H]1C=CC[C@@H]24. The van der Waals surface area contributed by atoms with Gasteiger partial charge in [-0.2, -0.15) is 5.26 Å². The van der Waals surface area contributed by atoms with Gasteiger partial charge in [0.25, 0.3) is 0 Å². The number of ether oxygens (including phenoxy) is 2. The highest BCUT2D eigenvalue weighted by Gasteiger charge is 2.76. The van der Waals surface area contributed by atoms with Crippen LogP contribution in [0.15, 0.2) is 12.2 Å². The molecule has 0 saturated heterocycles. The van der Waals surface area contributed by atoms with Gasteiger partial charge in [0.2, 0.25) is 0 Å². The number of carbonyl (C=O) groups excluding carboxylic acids is 2. The zero-order chi connectivity index (χ0) is 20.9. The van der Waals surface area contributed by atoms with Crippen molar-refractivity contribution in [3.8, 4) is 6.07 Å². The molecule has 4 aliphatic rings. The van der Waals surface area contributed by atoms with Crippen molar-refractivity contribution in [1.29, 1.82) is 5.26 Å². The minimum Gasteiger partial charge on any atom is -0.466 e. The molecule has 4 bridgehead atoms. The molecule has 1 unspecified atom stereocenters. The number of hydrogen-bond acceptors (Lipinski definition) is 6. The largest absolute Gasteiger partial charge is 0.466 e. The molecule has 1 spiro atoms. The Hall–Kier alpha value is -1.71. The van der Waals surface area contributed by atoms with Crippen LogP contribution in [0.1, 0.15) is 52.4 Å². The van der Waals surface area contributed by atoms with Crippen LogP contribution in [0.25, 0.3) is 0 Å². The molecule has 0 heterocycles. The van der Waals surface area contributed by atoms with E-state index in [0.29, 0.717) is 19.4 Å². The molecule has 6 heteroatoms. The first kappa shape index (κ1) is 20.6. The Morgan fingerprint density at radius 3 is 2.86 bits per heavy atom. The molecule has 0 aromatic rings. The fourth-order valence-corrected chi connectivity index (χ4v) is 7.73. The Kier molecular flexibility index (Phi) is 5.11. The average molecular weight is 402 g/mol. The summed E-state index contributed by atoms with van der Waals surface area (Å²) in [6.07, 6.45) is 8.61. The molecule has 4 aliphatic carbocycles. The second-order valence-corrected chi connectivity index (χ2v) is 9.65. The summed E-state index contributed by atoms with van der Waals surface area (Å²) in [7, 11) is 0. The van der Waals surface area contributed by atoms with Crippen LogP contribution < -0.4 is 0 Å². The van der Waals surface area contributed by atoms with E-state index in [4.69, 9.17) is 9.47 Å². The Labute approximate surface area is 172 Å². The fraction of sp³-hybridized carbons (Fsp3) is 0.783. The van der Waals surface area contributed by atoms with Crippen LogP contribution in [0.4, 0.5) is 0 Å². The van der Waals surface area contributed by atoms with Crippen LogP contribution >= 0.6 is 0 Å². The normalized spacial score (nSPS) is 44.8. The maximum Gasteiger partial charge on any atom is 0.302 e. The van der Waals surface area contributed by atoms with Crippen molar-refractivity contribution < 1.29 is 24.2 Å². The number of aliphatic hydroxyl groups excluding tert-OH is 1. The van der Waals surface area contributed by atoms with E-state index in [2.05, 4.69) is 18.2 Å². The highest BCUT2D eigenvalue weighted by Crippen LogP contribution is 2.76. The van der Waals surface area contributed by atoms with Crippen LogP contribution in [0.5, 0.6) is 0 Å². The summed E-state index contributed by atoms with van der Waals surface area (Å²) in [6.45, 7) is 3.81. The van der Waals surface area contributed by atoms with Crippen molar-refractivity contribution in [3.05, 3.63) is 12.2 Å². The Bertz CT molecular complexity index is 772. The predicted octanol–water partition coefficient (Wildman–Crippen LogP) is 2.80. The van der Waals surface area contributed by atoms with Crippen LogP contribution in [0, 0.1) is 45.3 Å². The number of allylic oxidation sites excluding steroid dienone is 1. The third-order valence-corrected chi connectivity index (χ3v) is 8.40. The molecule has 0 radical (unpaired) electrons. The van der Waals surface area contributed by atoms with Gasteiger partial charge in [-0.05, 0) is 43.9 Å². The second kappa shape index (κ2) is 7.21. The fourth-order valence-electron chi connectivity index (χ4n) is 7.73. The van der Waals surface area contributed by atoms with E-state index in [9.17, 15) is 20.0 Å². The number of rotatable bonds is 6. The van der Waals surface area contributed by atoms with Crippen molar-refractivity contribution in [1.82, 2.24) is 0 Å². The minimum atomic E-state index is -0.685. The molecule has 29 heavy (non-hydrogen) atoms. The minimum absolute atomic E-state index is 0.0401. The van der Waals surface area contributed by atoms with E-state index in [0.717, 1.165) is 25.7 Å². The summed E-state index contributed by atoms with van der Waals surface area (Å²) in [6, 6.07) is 2.50. The summed E-state index contributed by atoms with van der Waals surface area (Å²) in [4.78, 5) is 25.0. The lowest BCUT2D eigenvalue weighted by molar-refractivity contribution is -0.167. The van der Waals surface area contributed by atoms with Gasteiger partial charge in [0.05, 0.1) is 37.4 Å². The van der Waals surface area contributed by atoms with E-state index in [1.54, 1.807) is 0 Å². The monoisotopic (exact) mass is 401 g/mol. The molecule has 158 valence electrons. The van der Waals surface area contributed by atoms with Crippen molar-refractivity contribution >= 4 is 11.8 Å². The molecule has 3 saturated carbocycles. The van der Waals surface area contributed by atoms with Gasteiger partial charge in [-0.25, -0.2) is 0 Å². The Balaban J connectivity index is 1.82. The van der Waals surface area contributed by atoms with Gasteiger partial charge >= 0.3 is 5.97 Å². The number of esters is 1. The van der Waals surface area contributed by atoms with Gasteiger partial charge in [0, 0.05) is 30.6 Å². The van der Waals surface area contributed by atoms with E-state index in [1.165, 1.54) is 6.92 Å². The maximum absolute atomic E-state index is 13.6. The summed E-state index contributed by atoms with van der Waals surface area (Å²) < 4.78 is 11.6. The molecule has 6 nitrogen and oxygen atoms in total. The first-order valence-electron chi connectivity index (χ1n) is 10.8. The van der Waals surface area contributed by atoms with E-state index in [1.807, 2.05) is 6.92 Å². The van der Waals surface area contributed by atoms with Gasteiger partial charge in [-0.3, -0.25) is 9.59 Å². The molecule has 7 atom stereocenters. The molecular weight excluding hydrogens is 370 g/mol. The highest BCUT2D eigenvalue weighted by atomic mass is 16.5. The zero-order valence-corrected chi connectivity index (χ0v) is 17.4. The zero-order valence-electron chi connectivity index (χ0n) is 17.4. The van der Waals surface area contributed by atoms with Gasteiger partial charge in [0.1, 0.15) is 5.78 Å². The highest BCUT2D eigenvalue weighted by molar-refractivity contribution is 5.86. The first-order valence-corrected chi connectivity index (χ1v) is 10.8. The van der Waals surface area contributed by atoms with Gasteiger partial charge in [0.15, 0.2) is 0 Å². The van der Waals surface area contributed by atoms with E-state index < -0.39 is 10.8 Å². The number of nitriles is 1. The summed E-state index contributed by atoms with van der Waals surface area (Å²) in [5.74, 6) is -0.215. The van der Waals surface area contributed by atoms with Crippen LogP contribution in [0.2, 0.25) is 0 Å². The number of hydrogen-bond donors (Lipinski definition) is 1. The van der Waals surface area contributed by atoms with Crippen LogP contribution in [-0.2, 0) is 19.1 Å². The lowest BCUT2D eigenvalue weighted by Crippen LogP contribution is -2.59. The summed E-state index contributed by atoms with van der Waals surface area (Å²) >= 11 is 0. The van der Waals surface area contributed by atoms with Crippen LogP contribution in [-0.4, -0.2) is 42.8 Å². The molecule has 0 aromatic heterocycles. The Morgan fingerprint density at radius 1 is 1.38 bits per heavy atom.